The van der Waals surface area contributed by atoms with Crippen LogP contribution in [0.1, 0.15) is 60.9 Å². The quantitative estimate of drug-likeness (QED) is 0.711. The standard InChI is InChI=1S/C23H30O2/c1-16-17(2)22-20(14-15-23(3,4)25-22)19(21(16)24)13-9-8-12-18-10-6-5-7-11-18/h5-7,10-11,24H,8-9,12-15H2,1-4H3. The van der Waals surface area contributed by atoms with Gasteiger partial charge in [0.15, 0.2) is 0 Å². The molecule has 0 radical (unpaired) electrons. The van der Waals surface area contributed by atoms with Crippen molar-refractivity contribution in [2.24, 2.45) is 0 Å². The average molecular weight is 338 g/mol. The Morgan fingerprint density at radius 1 is 1.00 bits per heavy atom. The third kappa shape index (κ3) is 3.84. The van der Waals surface area contributed by atoms with Gasteiger partial charge in [0.25, 0.3) is 0 Å². The molecular formula is C23H30O2. The summed E-state index contributed by atoms with van der Waals surface area (Å²) >= 11 is 0. The predicted octanol–water partition coefficient (Wildman–Crippen LogP) is 5.68. The van der Waals surface area contributed by atoms with Gasteiger partial charge in [-0.25, -0.2) is 0 Å². The molecule has 1 aliphatic heterocycles. The van der Waals surface area contributed by atoms with Gasteiger partial charge >= 0.3 is 0 Å². The third-order valence-electron chi connectivity index (χ3n) is 5.52. The van der Waals surface area contributed by atoms with E-state index in [1.807, 2.05) is 6.92 Å². The number of benzene rings is 2. The van der Waals surface area contributed by atoms with Gasteiger partial charge in [-0.1, -0.05) is 30.3 Å². The summed E-state index contributed by atoms with van der Waals surface area (Å²) in [7, 11) is 0. The number of rotatable bonds is 5. The van der Waals surface area contributed by atoms with Gasteiger partial charge in [-0.3, -0.25) is 0 Å². The SMILES string of the molecule is Cc1c(C)c2c(c(CCCCc3ccccc3)c1O)CCC(C)(C)O2. The van der Waals surface area contributed by atoms with Crippen LogP contribution in [0.15, 0.2) is 30.3 Å². The third-order valence-corrected chi connectivity index (χ3v) is 5.52. The van der Waals surface area contributed by atoms with Gasteiger partial charge < -0.3 is 9.84 Å². The van der Waals surface area contributed by atoms with E-state index in [1.165, 1.54) is 11.1 Å². The maximum atomic E-state index is 10.7. The fourth-order valence-electron chi connectivity index (χ4n) is 3.78. The van der Waals surface area contributed by atoms with Gasteiger partial charge in [0.1, 0.15) is 17.1 Å². The molecule has 0 bridgehead atoms. The minimum atomic E-state index is -0.119. The zero-order valence-electron chi connectivity index (χ0n) is 16.0. The molecule has 0 aromatic heterocycles. The first-order valence-electron chi connectivity index (χ1n) is 9.46. The first kappa shape index (κ1) is 17.8. The van der Waals surface area contributed by atoms with E-state index < -0.39 is 0 Å². The van der Waals surface area contributed by atoms with Crippen LogP contribution in [0.3, 0.4) is 0 Å². The molecule has 1 N–H and O–H groups in total. The van der Waals surface area contributed by atoms with Crippen molar-refractivity contribution in [2.45, 2.75) is 71.8 Å². The number of hydrogen-bond acceptors (Lipinski definition) is 2. The second-order valence-corrected chi connectivity index (χ2v) is 7.94. The highest BCUT2D eigenvalue weighted by molar-refractivity contribution is 5.59. The van der Waals surface area contributed by atoms with Crippen LogP contribution >= 0.6 is 0 Å². The van der Waals surface area contributed by atoms with Crippen LogP contribution in [-0.4, -0.2) is 10.7 Å². The number of aryl methyl sites for hydroxylation is 1. The van der Waals surface area contributed by atoms with Gasteiger partial charge in [-0.2, -0.15) is 0 Å². The number of aromatic hydroxyl groups is 1. The van der Waals surface area contributed by atoms with Crippen LogP contribution in [0.5, 0.6) is 11.5 Å². The summed E-state index contributed by atoms with van der Waals surface area (Å²) in [5.41, 5.74) is 5.68. The van der Waals surface area contributed by atoms with Crippen molar-refractivity contribution in [2.75, 3.05) is 0 Å². The molecule has 2 aromatic carbocycles. The first-order chi connectivity index (χ1) is 11.9. The lowest BCUT2D eigenvalue weighted by atomic mass is 9.86. The van der Waals surface area contributed by atoms with Gasteiger partial charge in [-0.15, -0.1) is 0 Å². The largest absolute Gasteiger partial charge is 0.507 e. The van der Waals surface area contributed by atoms with Crippen molar-refractivity contribution in [3.63, 3.8) is 0 Å². The normalized spacial score (nSPS) is 15.5. The number of hydrogen-bond donors (Lipinski definition) is 1. The molecule has 2 aromatic rings. The molecule has 134 valence electrons. The Balaban J connectivity index is 1.76. The van der Waals surface area contributed by atoms with E-state index in [0.29, 0.717) is 5.75 Å². The predicted molar refractivity (Wildman–Crippen MR) is 104 cm³/mol. The lowest BCUT2D eigenvalue weighted by Crippen LogP contribution is -2.33. The molecule has 1 heterocycles. The van der Waals surface area contributed by atoms with Crippen molar-refractivity contribution in [3.8, 4) is 11.5 Å². The molecule has 0 atom stereocenters. The molecule has 0 saturated heterocycles. The van der Waals surface area contributed by atoms with E-state index in [9.17, 15) is 5.11 Å². The molecule has 0 fully saturated rings. The smallest absolute Gasteiger partial charge is 0.127 e. The van der Waals surface area contributed by atoms with Crippen molar-refractivity contribution in [1.29, 1.82) is 0 Å². The Hall–Kier alpha value is -1.96. The van der Waals surface area contributed by atoms with Crippen LogP contribution in [-0.2, 0) is 19.3 Å². The van der Waals surface area contributed by atoms with E-state index >= 15 is 0 Å². The minimum Gasteiger partial charge on any atom is -0.507 e. The van der Waals surface area contributed by atoms with E-state index in [-0.39, 0.29) is 5.60 Å². The van der Waals surface area contributed by atoms with E-state index in [2.05, 4.69) is 51.1 Å². The van der Waals surface area contributed by atoms with Crippen LogP contribution in [0.2, 0.25) is 0 Å². The fourth-order valence-corrected chi connectivity index (χ4v) is 3.78. The molecule has 0 aliphatic carbocycles. The maximum Gasteiger partial charge on any atom is 0.127 e. The van der Waals surface area contributed by atoms with Crippen molar-refractivity contribution < 1.29 is 9.84 Å². The summed E-state index contributed by atoms with van der Waals surface area (Å²) in [6.07, 6.45) is 6.23. The van der Waals surface area contributed by atoms with Crippen LogP contribution in [0.25, 0.3) is 0 Å². The molecule has 0 amide bonds. The van der Waals surface area contributed by atoms with E-state index in [0.717, 1.165) is 61.0 Å². The minimum absolute atomic E-state index is 0.119. The maximum absolute atomic E-state index is 10.7. The topological polar surface area (TPSA) is 29.5 Å². The molecule has 2 heteroatoms. The number of phenolic OH excluding ortho intramolecular Hbond substituents is 1. The second kappa shape index (κ2) is 7.11. The Morgan fingerprint density at radius 2 is 1.68 bits per heavy atom. The Kier molecular flexibility index (Phi) is 5.08. The first-order valence-corrected chi connectivity index (χ1v) is 9.46. The van der Waals surface area contributed by atoms with Crippen LogP contribution in [0.4, 0.5) is 0 Å². The fraction of sp³-hybridized carbons (Fsp3) is 0.478. The number of unbranched alkanes of at least 4 members (excludes halogenated alkanes) is 1. The monoisotopic (exact) mass is 338 g/mol. The molecule has 1 aliphatic rings. The number of ether oxygens (including phenoxy) is 1. The van der Waals surface area contributed by atoms with Gasteiger partial charge in [0, 0.05) is 11.1 Å². The van der Waals surface area contributed by atoms with Gasteiger partial charge in [-0.05, 0) is 82.9 Å². The molecule has 0 unspecified atom stereocenters. The summed E-state index contributed by atoms with van der Waals surface area (Å²) in [5, 5.41) is 10.7. The summed E-state index contributed by atoms with van der Waals surface area (Å²) in [5.74, 6) is 1.50. The summed E-state index contributed by atoms with van der Waals surface area (Å²) in [4.78, 5) is 0. The highest BCUT2D eigenvalue weighted by atomic mass is 16.5. The number of fused-ring (bicyclic) bond motifs is 1. The molecule has 25 heavy (non-hydrogen) atoms. The molecule has 0 spiro atoms. The summed E-state index contributed by atoms with van der Waals surface area (Å²) in [6, 6.07) is 10.6. The highest BCUT2D eigenvalue weighted by Gasteiger charge is 2.31. The average Bonchev–Trinajstić information content (AvgIpc) is 2.60. The molecule has 3 rings (SSSR count). The van der Waals surface area contributed by atoms with Gasteiger partial charge in [0.2, 0.25) is 0 Å². The highest BCUT2D eigenvalue weighted by Crippen LogP contribution is 2.44. The lowest BCUT2D eigenvalue weighted by Gasteiger charge is -2.35. The Morgan fingerprint density at radius 3 is 2.40 bits per heavy atom. The molecule has 0 saturated carbocycles. The number of phenols is 1. The Labute approximate surface area is 151 Å². The van der Waals surface area contributed by atoms with Crippen LogP contribution in [0, 0.1) is 13.8 Å². The zero-order chi connectivity index (χ0) is 18.0. The lowest BCUT2D eigenvalue weighted by molar-refractivity contribution is 0.0830. The van der Waals surface area contributed by atoms with Crippen molar-refractivity contribution in [3.05, 3.63) is 58.1 Å². The summed E-state index contributed by atoms with van der Waals surface area (Å²) < 4.78 is 6.29. The zero-order valence-corrected chi connectivity index (χ0v) is 16.0. The summed E-state index contributed by atoms with van der Waals surface area (Å²) in [6.45, 7) is 8.37. The van der Waals surface area contributed by atoms with E-state index in [4.69, 9.17) is 4.74 Å². The van der Waals surface area contributed by atoms with Crippen molar-refractivity contribution >= 4 is 0 Å². The molecular weight excluding hydrogens is 308 g/mol. The van der Waals surface area contributed by atoms with Gasteiger partial charge in [0.05, 0.1) is 0 Å². The van der Waals surface area contributed by atoms with Crippen molar-refractivity contribution in [1.82, 2.24) is 0 Å². The van der Waals surface area contributed by atoms with Crippen LogP contribution < -0.4 is 4.74 Å². The molecule has 2 nitrogen and oxygen atoms in total. The Bertz CT molecular complexity index is 745. The van der Waals surface area contributed by atoms with E-state index in [1.54, 1.807) is 0 Å². The second-order valence-electron chi connectivity index (χ2n) is 7.94.